The fourth-order valence-corrected chi connectivity index (χ4v) is 3.70. The lowest BCUT2D eigenvalue weighted by Crippen LogP contribution is -2.57. The molecule has 1 aliphatic carbocycles. The summed E-state index contributed by atoms with van der Waals surface area (Å²) in [6.07, 6.45) is 5.55. The number of nitrogens with two attached hydrogens (primary N) is 1. The van der Waals surface area contributed by atoms with Gasteiger partial charge in [0.15, 0.2) is 0 Å². The summed E-state index contributed by atoms with van der Waals surface area (Å²) < 4.78 is 5.38. The van der Waals surface area contributed by atoms with Crippen LogP contribution in [0.4, 0.5) is 0 Å². The molecular weight excluding hydrogens is 323 g/mol. The maximum atomic E-state index is 12.4. The minimum absolute atomic E-state index is 0.000216. The minimum Gasteiger partial charge on any atom is -0.534 e. The molecule has 1 fully saturated rings. The Bertz CT molecular complexity index is 662. The van der Waals surface area contributed by atoms with Gasteiger partial charge >= 0.3 is 13.1 Å². The van der Waals surface area contributed by atoms with Crippen LogP contribution in [0.1, 0.15) is 48.0 Å². The lowest BCUT2D eigenvalue weighted by molar-refractivity contribution is -0.124. The van der Waals surface area contributed by atoms with E-state index in [-0.39, 0.29) is 23.1 Å². The molecule has 5 N–H and O–H groups in total. The summed E-state index contributed by atoms with van der Waals surface area (Å²) in [5.41, 5.74) is 6.74. The predicted octanol–water partition coefficient (Wildman–Crippen LogP) is 0.732. The Labute approximate surface area is 146 Å². The summed E-state index contributed by atoms with van der Waals surface area (Å²) >= 11 is 0. The van der Waals surface area contributed by atoms with Crippen LogP contribution in [0.25, 0.3) is 0 Å². The van der Waals surface area contributed by atoms with Gasteiger partial charge in [-0.2, -0.15) is 0 Å². The minimum atomic E-state index is -1.31. The van der Waals surface area contributed by atoms with Gasteiger partial charge in [-0.1, -0.05) is 31.4 Å². The van der Waals surface area contributed by atoms with Gasteiger partial charge in [0.05, 0.1) is 17.5 Å². The fraction of sp³-hybridized carbons (Fsp3) is 0.529. The summed E-state index contributed by atoms with van der Waals surface area (Å²) in [4.78, 5) is 23.7. The van der Waals surface area contributed by atoms with Gasteiger partial charge in [-0.05, 0) is 36.8 Å². The van der Waals surface area contributed by atoms with Crippen molar-refractivity contribution in [3.8, 4) is 5.75 Å². The number of fused-ring (bicyclic) bond motifs is 1. The van der Waals surface area contributed by atoms with E-state index in [4.69, 9.17) is 10.4 Å². The molecule has 1 heterocycles. The Morgan fingerprint density at radius 2 is 2.00 bits per heavy atom. The number of carboxylic acids is 1. The number of hydrogen-bond donors (Lipinski definition) is 4. The fourth-order valence-electron chi connectivity index (χ4n) is 3.70. The second-order valence-corrected chi connectivity index (χ2v) is 6.85. The second-order valence-electron chi connectivity index (χ2n) is 6.85. The lowest BCUT2D eigenvalue weighted by Gasteiger charge is -2.31. The van der Waals surface area contributed by atoms with Crippen LogP contribution in [0.2, 0.25) is 0 Å². The molecule has 2 aliphatic rings. The maximum Gasteiger partial charge on any atom is 0.547 e. The van der Waals surface area contributed by atoms with Crippen LogP contribution in [0.15, 0.2) is 18.2 Å². The molecule has 1 amide bonds. The molecule has 1 aliphatic heterocycles. The molecule has 1 saturated carbocycles. The van der Waals surface area contributed by atoms with Crippen LogP contribution in [-0.4, -0.2) is 41.1 Å². The quantitative estimate of drug-likeness (QED) is 0.597. The maximum absolute atomic E-state index is 12.4. The molecule has 0 bridgehead atoms. The van der Waals surface area contributed by atoms with Crippen molar-refractivity contribution in [1.82, 2.24) is 5.32 Å². The summed E-state index contributed by atoms with van der Waals surface area (Å²) in [7, 11) is -1.31. The Morgan fingerprint density at radius 3 is 2.68 bits per heavy atom. The summed E-state index contributed by atoms with van der Waals surface area (Å²) in [6.45, 7) is 0. The van der Waals surface area contributed by atoms with E-state index in [0.29, 0.717) is 12.0 Å². The van der Waals surface area contributed by atoms with Gasteiger partial charge in [-0.3, -0.25) is 4.79 Å². The highest BCUT2D eigenvalue weighted by molar-refractivity contribution is 6.47. The first-order valence-electron chi connectivity index (χ1n) is 8.73. The number of aromatic carboxylic acids is 1. The predicted molar refractivity (Wildman–Crippen MR) is 92.2 cm³/mol. The smallest absolute Gasteiger partial charge is 0.534 e. The van der Waals surface area contributed by atoms with Gasteiger partial charge in [-0.15, -0.1) is 0 Å². The molecular formula is C17H23BN2O5. The van der Waals surface area contributed by atoms with Crippen LogP contribution in [0.3, 0.4) is 0 Å². The van der Waals surface area contributed by atoms with Crippen molar-refractivity contribution in [2.45, 2.75) is 50.5 Å². The van der Waals surface area contributed by atoms with Crippen LogP contribution < -0.4 is 15.7 Å². The molecule has 1 aromatic rings. The molecule has 0 unspecified atom stereocenters. The average Bonchev–Trinajstić information content (AvgIpc) is 2.61. The van der Waals surface area contributed by atoms with Crippen molar-refractivity contribution < 1.29 is 24.4 Å². The molecule has 7 nitrogen and oxygen atoms in total. The zero-order valence-electron chi connectivity index (χ0n) is 14.0. The van der Waals surface area contributed by atoms with Crippen molar-refractivity contribution in [1.29, 1.82) is 0 Å². The third kappa shape index (κ3) is 3.80. The Kier molecular flexibility index (Phi) is 5.29. The molecule has 3 rings (SSSR count). The van der Waals surface area contributed by atoms with E-state index < -0.39 is 25.1 Å². The molecule has 0 spiro atoms. The largest absolute Gasteiger partial charge is 0.547 e. The van der Waals surface area contributed by atoms with Gasteiger partial charge in [0.2, 0.25) is 5.91 Å². The van der Waals surface area contributed by atoms with E-state index in [1.165, 1.54) is 12.5 Å². The van der Waals surface area contributed by atoms with Crippen molar-refractivity contribution in [3.63, 3.8) is 0 Å². The molecule has 2 atom stereocenters. The van der Waals surface area contributed by atoms with E-state index in [0.717, 1.165) is 25.7 Å². The number of carbonyl (C=O) groups excluding carboxylic acids is 1. The Morgan fingerprint density at radius 1 is 1.28 bits per heavy atom. The van der Waals surface area contributed by atoms with Gasteiger partial charge in [0.1, 0.15) is 5.75 Å². The van der Waals surface area contributed by atoms with Crippen LogP contribution in [0.5, 0.6) is 5.75 Å². The molecule has 1 aromatic carbocycles. The molecule has 8 heteroatoms. The van der Waals surface area contributed by atoms with Gasteiger partial charge in [0, 0.05) is 0 Å². The van der Waals surface area contributed by atoms with Crippen molar-refractivity contribution in [2.24, 2.45) is 11.7 Å². The molecule has 0 saturated heterocycles. The highest BCUT2D eigenvalue weighted by Gasteiger charge is 2.39. The summed E-state index contributed by atoms with van der Waals surface area (Å²) in [5.74, 6) is -1.74. The van der Waals surface area contributed by atoms with Crippen LogP contribution >= 0.6 is 0 Å². The number of para-hydroxylation sites is 1. The van der Waals surface area contributed by atoms with E-state index in [1.807, 2.05) is 0 Å². The number of carboxylic acid groups (broad SMARTS) is 1. The number of hydrogen-bond acceptors (Lipinski definition) is 5. The normalized spacial score (nSPS) is 21.8. The molecule has 25 heavy (non-hydrogen) atoms. The molecule has 134 valence electrons. The first-order chi connectivity index (χ1) is 12.0. The van der Waals surface area contributed by atoms with E-state index in [1.54, 1.807) is 12.1 Å². The highest BCUT2D eigenvalue weighted by Crippen LogP contribution is 2.30. The number of rotatable bonds is 4. The molecule has 0 aromatic heterocycles. The number of amides is 1. The summed E-state index contributed by atoms with van der Waals surface area (Å²) in [5, 5.41) is 22.2. The standard InChI is InChI=1S/C17H23BN2O5/c19-14(10-5-2-1-3-6-10)16(21)20-13-9-11-7-4-8-12(17(22)23)15(11)25-18(13)24/h4,7-8,10,13-14,24H,1-3,5-6,9,19H2,(H,20,21)(H,22,23)/t13-,14+/m0/s1. The lowest BCUT2D eigenvalue weighted by atomic mass is 9.72. The number of nitrogens with one attached hydrogen (secondary N) is 1. The van der Waals surface area contributed by atoms with Crippen molar-refractivity contribution >= 4 is 19.0 Å². The first kappa shape index (κ1) is 17.8. The summed E-state index contributed by atoms with van der Waals surface area (Å²) in [6, 6.07) is 4.18. The second kappa shape index (κ2) is 7.45. The van der Waals surface area contributed by atoms with Crippen LogP contribution in [-0.2, 0) is 11.2 Å². The monoisotopic (exact) mass is 346 g/mol. The SMILES string of the molecule is N[C@@H](C(=O)N[C@H]1Cc2cccc(C(=O)O)c2OB1O)C1CCCCC1. The van der Waals surface area contributed by atoms with Crippen molar-refractivity contribution in [2.75, 3.05) is 0 Å². The topological polar surface area (TPSA) is 122 Å². The van der Waals surface area contributed by atoms with Gasteiger partial charge < -0.3 is 25.8 Å². The number of carbonyl (C=O) groups is 2. The van der Waals surface area contributed by atoms with Crippen LogP contribution in [0, 0.1) is 5.92 Å². The zero-order valence-corrected chi connectivity index (χ0v) is 14.0. The van der Waals surface area contributed by atoms with E-state index in [9.17, 15) is 19.7 Å². The Hall–Kier alpha value is -2.06. The van der Waals surface area contributed by atoms with E-state index >= 15 is 0 Å². The average molecular weight is 346 g/mol. The number of benzene rings is 1. The van der Waals surface area contributed by atoms with E-state index in [2.05, 4.69) is 5.32 Å². The van der Waals surface area contributed by atoms with Gasteiger partial charge in [-0.25, -0.2) is 4.79 Å². The third-order valence-electron chi connectivity index (χ3n) is 5.14. The first-order valence-corrected chi connectivity index (χ1v) is 8.73. The van der Waals surface area contributed by atoms with Crippen molar-refractivity contribution in [3.05, 3.63) is 29.3 Å². The Balaban J connectivity index is 1.69. The highest BCUT2D eigenvalue weighted by atomic mass is 16.5. The third-order valence-corrected chi connectivity index (χ3v) is 5.14. The van der Waals surface area contributed by atoms with Gasteiger partial charge in [0.25, 0.3) is 0 Å². The molecule has 0 radical (unpaired) electrons. The zero-order chi connectivity index (χ0) is 18.0.